The minimum absolute atomic E-state index is 0.216. The standard InChI is InChI=1S/C22H17ClN4O/c23-19-8-2-1-5-16(19)13-26-22(28)17-11-18(14-24-12-17)27-20-9-3-6-15-7-4-10-25-21(15)20/h1-12,14,27H,13H2,(H,26,28). The number of benzene rings is 2. The summed E-state index contributed by atoms with van der Waals surface area (Å²) in [6.45, 7) is 0.351. The van der Waals surface area contributed by atoms with Crippen molar-refractivity contribution in [2.75, 3.05) is 5.32 Å². The van der Waals surface area contributed by atoms with Crippen LogP contribution in [0.3, 0.4) is 0 Å². The highest BCUT2D eigenvalue weighted by Crippen LogP contribution is 2.24. The van der Waals surface area contributed by atoms with Gasteiger partial charge in [-0.1, -0.05) is 48.0 Å². The zero-order chi connectivity index (χ0) is 19.3. The molecule has 138 valence electrons. The number of hydrogen-bond donors (Lipinski definition) is 2. The van der Waals surface area contributed by atoms with E-state index in [4.69, 9.17) is 11.6 Å². The number of carbonyl (C=O) groups excluding carboxylic acids is 1. The van der Waals surface area contributed by atoms with Crippen LogP contribution in [0.1, 0.15) is 15.9 Å². The lowest BCUT2D eigenvalue weighted by molar-refractivity contribution is 0.0950. The summed E-state index contributed by atoms with van der Waals surface area (Å²) in [5, 5.41) is 7.83. The molecule has 0 atom stereocenters. The number of hydrogen-bond acceptors (Lipinski definition) is 4. The fourth-order valence-corrected chi connectivity index (χ4v) is 3.11. The number of nitrogens with one attached hydrogen (secondary N) is 2. The van der Waals surface area contributed by atoms with Crippen molar-refractivity contribution in [1.82, 2.24) is 15.3 Å². The van der Waals surface area contributed by atoms with Crippen LogP contribution in [-0.2, 0) is 6.54 Å². The first-order chi connectivity index (χ1) is 13.7. The Balaban J connectivity index is 1.51. The zero-order valence-corrected chi connectivity index (χ0v) is 15.6. The number of carbonyl (C=O) groups is 1. The van der Waals surface area contributed by atoms with Crippen LogP contribution < -0.4 is 10.6 Å². The zero-order valence-electron chi connectivity index (χ0n) is 14.9. The van der Waals surface area contributed by atoms with Crippen LogP contribution in [0.15, 0.2) is 79.3 Å². The van der Waals surface area contributed by atoms with Gasteiger partial charge in [0.15, 0.2) is 0 Å². The largest absolute Gasteiger partial charge is 0.352 e. The molecule has 4 rings (SSSR count). The van der Waals surface area contributed by atoms with E-state index in [9.17, 15) is 4.79 Å². The number of amides is 1. The van der Waals surface area contributed by atoms with Gasteiger partial charge in [-0.15, -0.1) is 0 Å². The molecule has 0 bridgehead atoms. The molecule has 2 N–H and O–H groups in total. The van der Waals surface area contributed by atoms with Crippen molar-refractivity contribution in [2.45, 2.75) is 6.54 Å². The van der Waals surface area contributed by atoms with E-state index in [0.717, 1.165) is 22.2 Å². The summed E-state index contributed by atoms with van der Waals surface area (Å²) >= 11 is 6.14. The second-order valence-corrected chi connectivity index (χ2v) is 6.65. The van der Waals surface area contributed by atoms with E-state index >= 15 is 0 Å². The van der Waals surface area contributed by atoms with Gasteiger partial charge in [0.25, 0.3) is 5.91 Å². The Hall–Kier alpha value is -3.44. The molecule has 0 saturated carbocycles. The second-order valence-electron chi connectivity index (χ2n) is 6.24. The van der Waals surface area contributed by atoms with Gasteiger partial charge in [-0.3, -0.25) is 14.8 Å². The van der Waals surface area contributed by atoms with Crippen LogP contribution in [0.25, 0.3) is 10.9 Å². The number of nitrogens with zero attached hydrogens (tertiary/aromatic N) is 2. The molecule has 2 aromatic heterocycles. The molecule has 6 heteroatoms. The van der Waals surface area contributed by atoms with Gasteiger partial charge >= 0.3 is 0 Å². The van der Waals surface area contributed by atoms with Gasteiger partial charge in [-0.05, 0) is 29.8 Å². The van der Waals surface area contributed by atoms with Gasteiger partial charge in [0, 0.05) is 29.3 Å². The molecule has 0 fully saturated rings. The van der Waals surface area contributed by atoms with Crippen LogP contribution in [0.5, 0.6) is 0 Å². The first-order valence-electron chi connectivity index (χ1n) is 8.78. The summed E-state index contributed by atoms with van der Waals surface area (Å²) in [6, 6.07) is 19.0. The van der Waals surface area contributed by atoms with Crippen LogP contribution >= 0.6 is 11.6 Å². The maximum atomic E-state index is 12.5. The van der Waals surface area contributed by atoms with E-state index in [2.05, 4.69) is 20.6 Å². The highest BCUT2D eigenvalue weighted by Gasteiger charge is 2.09. The summed E-state index contributed by atoms with van der Waals surface area (Å²) < 4.78 is 0. The second kappa shape index (κ2) is 8.06. The van der Waals surface area contributed by atoms with Crippen molar-refractivity contribution in [1.29, 1.82) is 0 Å². The molecule has 0 unspecified atom stereocenters. The van der Waals surface area contributed by atoms with Gasteiger partial charge in [0.2, 0.25) is 0 Å². The first kappa shape index (κ1) is 17.9. The van der Waals surface area contributed by atoms with Gasteiger partial charge in [0.05, 0.1) is 28.7 Å². The quantitative estimate of drug-likeness (QED) is 0.507. The fourth-order valence-electron chi connectivity index (χ4n) is 2.91. The van der Waals surface area contributed by atoms with E-state index in [1.54, 1.807) is 24.5 Å². The van der Waals surface area contributed by atoms with E-state index in [1.807, 2.05) is 48.5 Å². The van der Waals surface area contributed by atoms with Gasteiger partial charge < -0.3 is 10.6 Å². The lowest BCUT2D eigenvalue weighted by Gasteiger charge is -2.11. The average molecular weight is 389 g/mol. The van der Waals surface area contributed by atoms with E-state index in [1.165, 1.54) is 6.20 Å². The third kappa shape index (κ3) is 3.94. The average Bonchev–Trinajstić information content (AvgIpc) is 2.73. The first-order valence-corrected chi connectivity index (χ1v) is 9.16. The minimum Gasteiger partial charge on any atom is -0.352 e. The topological polar surface area (TPSA) is 66.9 Å². The number of halogens is 1. The van der Waals surface area contributed by atoms with Crippen LogP contribution in [0, 0.1) is 0 Å². The molecule has 0 aliphatic rings. The van der Waals surface area contributed by atoms with Crippen molar-refractivity contribution in [2.24, 2.45) is 0 Å². The summed E-state index contributed by atoms with van der Waals surface area (Å²) in [5.74, 6) is -0.216. The van der Waals surface area contributed by atoms with Crippen molar-refractivity contribution in [3.8, 4) is 0 Å². The molecule has 2 aromatic carbocycles. The third-order valence-electron chi connectivity index (χ3n) is 4.31. The number of rotatable bonds is 5. The Morgan fingerprint density at radius 2 is 1.86 bits per heavy atom. The maximum Gasteiger partial charge on any atom is 0.253 e. The molecule has 2 heterocycles. The molecule has 28 heavy (non-hydrogen) atoms. The molecule has 0 aliphatic heterocycles. The predicted octanol–water partition coefficient (Wildman–Crippen LogP) is 4.96. The lowest BCUT2D eigenvalue weighted by Crippen LogP contribution is -2.23. The Bertz CT molecular complexity index is 1140. The number of anilines is 2. The fraction of sp³-hybridized carbons (Fsp3) is 0.0455. The van der Waals surface area contributed by atoms with Crippen LogP contribution in [0.2, 0.25) is 5.02 Å². The maximum absolute atomic E-state index is 12.5. The number of para-hydroxylation sites is 1. The highest BCUT2D eigenvalue weighted by molar-refractivity contribution is 6.31. The van der Waals surface area contributed by atoms with Crippen molar-refractivity contribution >= 4 is 39.8 Å². The van der Waals surface area contributed by atoms with Crippen molar-refractivity contribution < 1.29 is 4.79 Å². The van der Waals surface area contributed by atoms with E-state index in [0.29, 0.717) is 22.8 Å². The molecule has 0 aliphatic carbocycles. The van der Waals surface area contributed by atoms with Gasteiger partial charge in [-0.2, -0.15) is 0 Å². The summed E-state index contributed by atoms with van der Waals surface area (Å²) in [6.07, 6.45) is 4.96. The SMILES string of the molecule is O=C(NCc1ccccc1Cl)c1cncc(Nc2cccc3cccnc23)c1. The van der Waals surface area contributed by atoms with E-state index in [-0.39, 0.29) is 5.91 Å². The van der Waals surface area contributed by atoms with Gasteiger partial charge in [-0.25, -0.2) is 0 Å². The molecule has 0 radical (unpaired) electrons. The Kier molecular flexibility index (Phi) is 5.17. The Morgan fingerprint density at radius 1 is 1.00 bits per heavy atom. The lowest BCUT2D eigenvalue weighted by atomic mass is 10.2. The Labute approximate surface area is 167 Å². The molecular formula is C22H17ClN4O. The number of pyridine rings is 2. The van der Waals surface area contributed by atoms with Crippen LogP contribution in [0.4, 0.5) is 11.4 Å². The number of aromatic nitrogens is 2. The summed E-state index contributed by atoms with van der Waals surface area (Å²) in [4.78, 5) is 21.1. The molecule has 5 nitrogen and oxygen atoms in total. The molecule has 0 spiro atoms. The summed E-state index contributed by atoms with van der Waals surface area (Å²) in [5.41, 5.74) is 3.75. The molecule has 0 saturated heterocycles. The highest BCUT2D eigenvalue weighted by atomic mass is 35.5. The van der Waals surface area contributed by atoms with E-state index < -0.39 is 0 Å². The van der Waals surface area contributed by atoms with Crippen molar-refractivity contribution in [3.05, 3.63) is 95.4 Å². The monoisotopic (exact) mass is 388 g/mol. The van der Waals surface area contributed by atoms with Crippen LogP contribution in [-0.4, -0.2) is 15.9 Å². The normalized spacial score (nSPS) is 10.6. The van der Waals surface area contributed by atoms with Gasteiger partial charge in [0.1, 0.15) is 0 Å². The van der Waals surface area contributed by atoms with Crippen molar-refractivity contribution in [3.63, 3.8) is 0 Å². The molecule has 4 aromatic rings. The Morgan fingerprint density at radius 3 is 2.75 bits per heavy atom. The third-order valence-corrected chi connectivity index (χ3v) is 4.68. The molecular weight excluding hydrogens is 372 g/mol. The summed E-state index contributed by atoms with van der Waals surface area (Å²) in [7, 11) is 0. The molecule has 1 amide bonds. The predicted molar refractivity (Wildman–Crippen MR) is 112 cm³/mol. The minimum atomic E-state index is -0.216. The smallest absolute Gasteiger partial charge is 0.253 e. The number of fused-ring (bicyclic) bond motifs is 1.